The van der Waals surface area contributed by atoms with E-state index in [-0.39, 0.29) is 36.4 Å². The molecule has 0 bridgehead atoms. The van der Waals surface area contributed by atoms with Crippen LogP contribution in [0.1, 0.15) is 60.7 Å². The Morgan fingerprint density at radius 2 is 2.12 bits per heavy atom. The molecule has 1 aromatic rings. The number of carbonyl (C=O) groups excluding carboxylic acids is 1. The van der Waals surface area contributed by atoms with Gasteiger partial charge in [0.25, 0.3) is 0 Å². The first-order valence-corrected chi connectivity index (χ1v) is 8.79. The monoisotopic (exact) mass is 342 g/mol. The summed E-state index contributed by atoms with van der Waals surface area (Å²) < 4.78 is 12.1. The molecule has 134 valence electrons. The van der Waals surface area contributed by atoms with Crippen molar-refractivity contribution in [1.82, 2.24) is 0 Å². The maximum atomic E-state index is 13.0. The van der Waals surface area contributed by atoms with Crippen molar-refractivity contribution in [2.24, 2.45) is 5.92 Å². The van der Waals surface area contributed by atoms with E-state index in [4.69, 9.17) is 9.47 Å². The lowest BCUT2D eigenvalue weighted by molar-refractivity contribution is -0.0455. The highest BCUT2D eigenvalue weighted by molar-refractivity contribution is 6.12. The number of carbonyl (C=O) groups is 1. The van der Waals surface area contributed by atoms with Gasteiger partial charge in [0.15, 0.2) is 5.78 Å². The summed E-state index contributed by atoms with van der Waals surface area (Å²) in [6.07, 6.45) is 0.0953. The summed E-state index contributed by atoms with van der Waals surface area (Å²) in [6, 6.07) is 5.89. The summed E-state index contributed by atoms with van der Waals surface area (Å²) in [4.78, 5) is 13.0. The Bertz CT molecular complexity index is 744. The van der Waals surface area contributed by atoms with Crippen LogP contribution in [0.2, 0.25) is 0 Å². The van der Waals surface area contributed by atoms with Gasteiger partial charge in [-0.2, -0.15) is 0 Å². The van der Waals surface area contributed by atoms with Gasteiger partial charge in [0.05, 0.1) is 19.8 Å². The molecule has 1 aliphatic heterocycles. The molecule has 1 N–H and O–H groups in total. The van der Waals surface area contributed by atoms with Crippen molar-refractivity contribution in [2.45, 2.75) is 45.3 Å². The molecule has 25 heavy (non-hydrogen) atoms. The van der Waals surface area contributed by atoms with E-state index < -0.39 is 0 Å². The number of rotatable bonds is 5. The number of hydrogen-bond donors (Lipinski definition) is 1. The van der Waals surface area contributed by atoms with E-state index in [0.29, 0.717) is 17.8 Å². The first-order chi connectivity index (χ1) is 11.9. The van der Waals surface area contributed by atoms with Gasteiger partial charge in [-0.3, -0.25) is 4.79 Å². The number of methoxy groups -OCH3 is 1. The van der Waals surface area contributed by atoms with E-state index in [1.807, 2.05) is 26.0 Å². The molecule has 4 nitrogen and oxygen atoms in total. The average Bonchev–Trinajstić information content (AvgIpc) is 2.60. The summed E-state index contributed by atoms with van der Waals surface area (Å²) >= 11 is 0. The fraction of sp³-hybridized carbons (Fsp3) is 0.476. The fourth-order valence-corrected chi connectivity index (χ4v) is 3.96. The van der Waals surface area contributed by atoms with Gasteiger partial charge in [-0.15, -0.1) is 0 Å². The molecule has 1 aliphatic carbocycles. The standard InChI is InChI=1S/C21H26O4/c1-11(2)17-19(23)15-8-6-7-14-13(4)16(9-12(3)10-22)25-21(18(14)15)20(17)24-5/h6-8,11,13,16,21-22H,3,9-10H2,1-2,4-5H3. The minimum Gasteiger partial charge on any atom is -0.498 e. The van der Waals surface area contributed by atoms with Crippen LogP contribution in [0.3, 0.4) is 0 Å². The highest BCUT2D eigenvalue weighted by atomic mass is 16.5. The number of aliphatic hydroxyl groups is 1. The van der Waals surface area contributed by atoms with Crippen molar-refractivity contribution in [2.75, 3.05) is 13.7 Å². The van der Waals surface area contributed by atoms with Gasteiger partial charge in [0, 0.05) is 22.6 Å². The molecule has 3 unspecified atom stereocenters. The van der Waals surface area contributed by atoms with Crippen molar-refractivity contribution in [3.05, 3.63) is 58.4 Å². The van der Waals surface area contributed by atoms with Crippen LogP contribution in [0.15, 0.2) is 41.7 Å². The van der Waals surface area contributed by atoms with E-state index >= 15 is 0 Å². The number of Topliss-reactive ketones (excluding diaryl/α,β-unsaturated/α-hetero) is 1. The van der Waals surface area contributed by atoms with E-state index in [1.54, 1.807) is 7.11 Å². The zero-order chi connectivity index (χ0) is 18.3. The lowest BCUT2D eigenvalue weighted by Crippen LogP contribution is -2.36. The van der Waals surface area contributed by atoms with E-state index in [0.717, 1.165) is 22.3 Å². The van der Waals surface area contributed by atoms with Crippen molar-refractivity contribution >= 4 is 5.78 Å². The van der Waals surface area contributed by atoms with Crippen molar-refractivity contribution in [3.8, 4) is 0 Å². The zero-order valence-electron chi connectivity index (χ0n) is 15.3. The molecular weight excluding hydrogens is 316 g/mol. The van der Waals surface area contributed by atoms with Crippen LogP contribution in [0.25, 0.3) is 0 Å². The van der Waals surface area contributed by atoms with Gasteiger partial charge in [-0.05, 0) is 23.5 Å². The Balaban J connectivity index is 2.15. The van der Waals surface area contributed by atoms with Gasteiger partial charge in [0.1, 0.15) is 11.9 Å². The van der Waals surface area contributed by atoms with Gasteiger partial charge in [0.2, 0.25) is 0 Å². The van der Waals surface area contributed by atoms with Crippen molar-refractivity contribution in [3.63, 3.8) is 0 Å². The summed E-state index contributed by atoms with van der Waals surface area (Å²) in [5.74, 6) is 0.814. The topological polar surface area (TPSA) is 55.8 Å². The number of hydrogen-bond acceptors (Lipinski definition) is 4. The second-order valence-electron chi connectivity index (χ2n) is 7.23. The zero-order valence-corrected chi connectivity index (χ0v) is 15.3. The second kappa shape index (κ2) is 6.77. The molecular formula is C21H26O4. The molecule has 3 atom stereocenters. The third-order valence-corrected chi connectivity index (χ3v) is 5.26. The quantitative estimate of drug-likeness (QED) is 0.824. The molecule has 1 heterocycles. The second-order valence-corrected chi connectivity index (χ2v) is 7.23. The molecule has 0 amide bonds. The van der Waals surface area contributed by atoms with Crippen molar-refractivity contribution in [1.29, 1.82) is 0 Å². The van der Waals surface area contributed by atoms with E-state index in [9.17, 15) is 9.90 Å². The predicted octanol–water partition coefficient (Wildman–Crippen LogP) is 3.92. The summed E-state index contributed by atoms with van der Waals surface area (Å²) in [7, 11) is 1.60. The van der Waals surface area contributed by atoms with Gasteiger partial charge >= 0.3 is 0 Å². The number of allylic oxidation sites excluding steroid dienone is 1. The molecule has 1 aromatic carbocycles. The molecule has 0 saturated carbocycles. The Hall–Kier alpha value is -1.91. The maximum Gasteiger partial charge on any atom is 0.193 e. The minimum absolute atomic E-state index is 0.0361. The summed E-state index contributed by atoms with van der Waals surface area (Å²) in [5.41, 5.74) is 4.21. The van der Waals surface area contributed by atoms with Crippen LogP contribution in [0.4, 0.5) is 0 Å². The number of aliphatic hydroxyl groups excluding tert-OH is 1. The van der Waals surface area contributed by atoms with Crippen LogP contribution in [0, 0.1) is 5.92 Å². The Labute approximate surface area is 149 Å². The van der Waals surface area contributed by atoms with Crippen LogP contribution in [-0.2, 0) is 9.47 Å². The van der Waals surface area contributed by atoms with Gasteiger partial charge in [-0.1, -0.05) is 45.5 Å². The smallest absolute Gasteiger partial charge is 0.193 e. The van der Waals surface area contributed by atoms with Gasteiger partial charge < -0.3 is 14.6 Å². The Kier molecular flexibility index (Phi) is 4.85. The van der Waals surface area contributed by atoms with Crippen LogP contribution < -0.4 is 0 Å². The summed E-state index contributed by atoms with van der Waals surface area (Å²) in [6.45, 7) is 9.95. The van der Waals surface area contributed by atoms with Gasteiger partial charge in [-0.25, -0.2) is 0 Å². The lowest BCUT2D eigenvalue weighted by Gasteiger charge is -2.41. The molecule has 3 rings (SSSR count). The average molecular weight is 342 g/mol. The SMILES string of the molecule is C=C(CO)CC1OC2C(OC)=C(C(C)C)C(=O)c3cccc(c32)C1C. The Morgan fingerprint density at radius 3 is 2.72 bits per heavy atom. The molecule has 0 aromatic heterocycles. The van der Waals surface area contributed by atoms with E-state index in [2.05, 4.69) is 19.6 Å². The normalized spacial score (nSPS) is 25.2. The van der Waals surface area contributed by atoms with E-state index in [1.165, 1.54) is 0 Å². The molecule has 0 radical (unpaired) electrons. The molecule has 0 spiro atoms. The maximum absolute atomic E-state index is 13.0. The Morgan fingerprint density at radius 1 is 1.40 bits per heavy atom. The highest BCUT2D eigenvalue weighted by Crippen LogP contribution is 2.49. The van der Waals surface area contributed by atoms with Crippen LogP contribution in [0.5, 0.6) is 0 Å². The van der Waals surface area contributed by atoms with Crippen molar-refractivity contribution < 1.29 is 19.4 Å². The first-order valence-electron chi connectivity index (χ1n) is 8.79. The lowest BCUT2D eigenvalue weighted by atomic mass is 9.75. The molecule has 2 aliphatic rings. The van der Waals surface area contributed by atoms with Crippen LogP contribution >= 0.6 is 0 Å². The third kappa shape index (κ3) is 2.83. The molecule has 0 saturated heterocycles. The number of ether oxygens (including phenoxy) is 2. The van der Waals surface area contributed by atoms with Crippen LogP contribution in [-0.4, -0.2) is 30.7 Å². The predicted molar refractivity (Wildman–Crippen MR) is 96.5 cm³/mol. The largest absolute Gasteiger partial charge is 0.498 e. The fourth-order valence-electron chi connectivity index (χ4n) is 3.96. The highest BCUT2D eigenvalue weighted by Gasteiger charge is 2.43. The number of benzene rings is 1. The number of ketones is 1. The summed E-state index contributed by atoms with van der Waals surface area (Å²) in [5, 5.41) is 9.34. The molecule has 4 heteroatoms. The molecule has 0 fully saturated rings. The first kappa shape index (κ1) is 17.9. The third-order valence-electron chi connectivity index (χ3n) is 5.26. The minimum atomic E-state index is -0.376.